The fourth-order valence-corrected chi connectivity index (χ4v) is 3.24. The van der Waals surface area contributed by atoms with Gasteiger partial charge in [-0.3, -0.25) is 4.79 Å². The number of ketones is 1. The molecule has 0 saturated heterocycles. The maximum absolute atomic E-state index is 13.0. The summed E-state index contributed by atoms with van der Waals surface area (Å²) in [7, 11) is 0. The summed E-state index contributed by atoms with van der Waals surface area (Å²) in [6.07, 6.45) is 0. The number of ether oxygens (including phenoxy) is 3. The molecule has 0 amide bonds. The number of carbonyl (C=O) groups is 1. The monoisotopic (exact) mass is 320 g/mol. The number of aliphatic hydroxyl groups is 1. The molecule has 0 fully saturated rings. The van der Waals surface area contributed by atoms with Gasteiger partial charge in [-0.25, -0.2) is 0 Å². The number of hydrogen-bond donors (Lipinski definition) is 1. The Kier molecular flexibility index (Phi) is 2.51. The zero-order chi connectivity index (χ0) is 16.3. The lowest BCUT2D eigenvalue weighted by Crippen LogP contribution is -2.36. The highest BCUT2D eigenvalue weighted by Gasteiger charge is 2.49. The molecule has 0 bridgehead atoms. The lowest BCUT2D eigenvalue weighted by Gasteiger charge is -2.21. The van der Waals surface area contributed by atoms with E-state index in [2.05, 4.69) is 0 Å². The van der Waals surface area contributed by atoms with Gasteiger partial charge in [0.15, 0.2) is 11.5 Å². The molecule has 0 aliphatic carbocycles. The summed E-state index contributed by atoms with van der Waals surface area (Å²) in [5, 5.41) is 12.7. The van der Waals surface area contributed by atoms with Gasteiger partial charge in [0.25, 0.3) is 5.79 Å². The quantitative estimate of drug-likeness (QED) is 0.747. The van der Waals surface area contributed by atoms with E-state index in [1.54, 1.807) is 24.3 Å². The molecule has 2 aliphatic rings. The average molecular weight is 320 g/mol. The van der Waals surface area contributed by atoms with Crippen LogP contribution in [-0.2, 0) is 5.79 Å². The zero-order valence-electron chi connectivity index (χ0n) is 12.5. The Morgan fingerprint density at radius 2 is 1.71 bits per heavy atom. The molecule has 5 heteroatoms. The van der Waals surface area contributed by atoms with Crippen molar-refractivity contribution >= 4 is 16.6 Å². The van der Waals surface area contributed by atoms with Crippen LogP contribution in [0.5, 0.6) is 17.2 Å². The zero-order valence-corrected chi connectivity index (χ0v) is 12.5. The molecule has 0 radical (unpaired) electrons. The minimum absolute atomic E-state index is 0.122. The SMILES string of the molecule is O=C1c2c(ccc3ccccc23)OC1(O)c1ccc2c(c1)OCO2. The molecule has 5 rings (SSSR count). The summed E-state index contributed by atoms with van der Waals surface area (Å²) in [4.78, 5) is 13.0. The smallest absolute Gasteiger partial charge is 0.300 e. The summed E-state index contributed by atoms with van der Waals surface area (Å²) in [6, 6.07) is 15.9. The Balaban J connectivity index is 1.68. The van der Waals surface area contributed by atoms with Crippen molar-refractivity contribution in [3.8, 4) is 17.2 Å². The molecule has 5 nitrogen and oxygen atoms in total. The van der Waals surface area contributed by atoms with Gasteiger partial charge < -0.3 is 19.3 Å². The topological polar surface area (TPSA) is 65.0 Å². The van der Waals surface area contributed by atoms with E-state index in [0.717, 1.165) is 10.8 Å². The van der Waals surface area contributed by atoms with Crippen LogP contribution in [0.3, 0.4) is 0 Å². The molecule has 1 N–H and O–H groups in total. The third-order valence-electron chi connectivity index (χ3n) is 4.45. The van der Waals surface area contributed by atoms with E-state index >= 15 is 0 Å². The summed E-state index contributed by atoms with van der Waals surface area (Å²) >= 11 is 0. The molecule has 118 valence electrons. The molecule has 24 heavy (non-hydrogen) atoms. The first-order chi connectivity index (χ1) is 11.7. The highest BCUT2D eigenvalue weighted by Crippen LogP contribution is 2.45. The lowest BCUT2D eigenvalue weighted by atomic mass is 9.95. The van der Waals surface area contributed by atoms with E-state index in [4.69, 9.17) is 14.2 Å². The first kappa shape index (κ1) is 13.4. The van der Waals surface area contributed by atoms with Crippen molar-refractivity contribution in [3.63, 3.8) is 0 Å². The highest BCUT2D eigenvalue weighted by molar-refractivity contribution is 6.15. The van der Waals surface area contributed by atoms with Crippen LogP contribution in [0.4, 0.5) is 0 Å². The Morgan fingerprint density at radius 1 is 0.917 bits per heavy atom. The Hall–Kier alpha value is -3.05. The van der Waals surface area contributed by atoms with Crippen LogP contribution in [0.2, 0.25) is 0 Å². The number of benzene rings is 3. The summed E-state index contributed by atoms with van der Waals surface area (Å²) in [5.74, 6) is -1.10. The molecular weight excluding hydrogens is 308 g/mol. The highest BCUT2D eigenvalue weighted by atomic mass is 16.7. The Labute approximate surface area is 137 Å². The van der Waals surface area contributed by atoms with Gasteiger partial charge in [-0.1, -0.05) is 30.3 Å². The third kappa shape index (κ3) is 1.64. The normalized spacial score (nSPS) is 21.0. The van der Waals surface area contributed by atoms with E-state index in [0.29, 0.717) is 28.4 Å². The van der Waals surface area contributed by atoms with Crippen LogP contribution >= 0.6 is 0 Å². The second kappa shape index (κ2) is 4.49. The molecule has 0 aromatic heterocycles. The number of carbonyl (C=O) groups excluding carboxylic acids is 1. The van der Waals surface area contributed by atoms with Crippen LogP contribution < -0.4 is 14.2 Å². The van der Waals surface area contributed by atoms with Crippen molar-refractivity contribution in [3.05, 3.63) is 65.7 Å². The number of Topliss-reactive ketones (excluding diaryl/α,β-unsaturated/α-hetero) is 1. The molecular formula is C19H12O5. The molecule has 3 aromatic carbocycles. The lowest BCUT2D eigenvalue weighted by molar-refractivity contribution is -0.0960. The van der Waals surface area contributed by atoms with Gasteiger partial charge in [0.2, 0.25) is 12.6 Å². The van der Waals surface area contributed by atoms with Crippen molar-refractivity contribution in [2.24, 2.45) is 0 Å². The Bertz CT molecular complexity index is 1010. The van der Waals surface area contributed by atoms with Crippen molar-refractivity contribution < 1.29 is 24.1 Å². The number of hydrogen-bond acceptors (Lipinski definition) is 5. The van der Waals surface area contributed by atoms with Crippen molar-refractivity contribution in [2.45, 2.75) is 5.79 Å². The van der Waals surface area contributed by atoms with Gasteiger partial charge in [-0.15, -0.1) is 0 Å². The predicted octanol–water partition coefficient (Wildman–Crippen LogP) is 2.99. The van der Waals surface area contributed by atoms with Gasteiger partial charge in [-0.05, 0) is 35.0 Å². The second-order valence-corrected chi connectivity index (χ2v) is 5.80. The van der Waals surface area contributed by atoms with Crippen molar-refractivity contribution in [2.75, 3.05) is 6.79 Å². The van der Waals surface area contributed by atoms with Crippen LogP contribution in [0.15, 0.2) is 54.6 Å². The first-order valence-corrected chi connectivity index (χ1v) is 7.55. The second-order valence-electron chi connectivity index (χ2n) is 5.80. The maximum atomic E-state index is 13.0. The minimum atomic E-state index is -2.06. The number of rotatable bonds is 1. The van der Waals surface area contributed by atoms with Gasteiger partial charge in [0, 0.05) is 5.56 Å². The number of fused-ring (bicyclic) bond motifs is 4. The summed E-state index contributed by atoms with van der Waals surface area (Å²) in [5.41, 5.74) is 0.713. The predicted molar refractivity (Wildman–Crippen MR) is 85.4 cm³/mol. The van der Waals surface area contributed by atoms with E-state index in [1.165, 1.54) is 0 Å². The summed E-state index contributed by atoms with van der Waals surface area (Å²) in [6.45, 7) is 0.122. The van der Waals surface area contributed by atoms with Gasteiger partial charge in [0.1, 0.15) is 5.75 Å². The molecule has 1 atom stereocenters. The summed E-state index contributed by atoms with van der Waals surface area (Å²) < 4.78 is 16.3. The molecule has 0 saturated carbocycles. The van der Waals surface area contributed by atoms with Gasteiger partial charge in [-0.2, -0.15) is 0 Å². The largest absolute Gasteiger partial charge is 0.454 e. The van der Waals surface area contributed by atoms with E-state index in [-0.39, 0.29) is 6.79 Å². The van der Waals surface area contributed by atoms with E-state index in [1.807, 2.05) is 30.3 Å². The molecule has 1 unspecified atom stereocenters. The van der Waals surface area contributed by atoms with Crippen molar-refractivity contribution in [1.82, 2.24) is 0 Å². The fourth-order valence-electron chi connectivity index (χ4n) is 3.24. The maximum Gasteiger partial charge on any atom is 0.300 e. The van der Waals surface area contributed by atoms with Gasteiger partial charge in [0.05, 0.1) is 5.56 Å². The molecule has 2 aliphatic heterocycles. The Morgan fingerprint density at radius 3 is 2.62 bits per heavy atom. The van der Waals surface area contributed by atoms with Crippen LogP contribution in [0.1, 0.15) is 15.9 Å². The average Bonchev–Trinajstić information content (AvgIpc) is 3.18. The standard InChI is InChI=1S/C19H12O5/c20-18-17-13-4-2-1-3-11(13)5-7-15(17)24-19(18,21)12-6-8-14-16(9-12)23-10-22-14/h1-9,21H,10H2. The van der Waals surface area contributed by atoms with Crippen LogP contribution in [0.25, 0.3) is 10.8 Å². The van der Waals surface area contributed by atoms with Gasteiger partial charge >= 0.3 is 0 Å². The molecule has 2 heterocycles. The fraction of sp³-hybridized carbons (Fsp3) is 0.105. The van der Waals surface area contributed by atoms with Crippen molar-refractivity contribution in [1.29, 1.82) is 0 Å². The molecule has 0 spiro atoms. The molecule has 3 aromatic rings. The minimum Gasteiger partial charge on any atom is -0.454 e. The van der Waals surface area contributed by atoms with Crippen LogP contribution in [-0.4, -0.2) is 17.7 Å². The van der Waals surface area contributed by atoms with Crippen LogP contribution in [0, 0.1) is 0 Å². The van der Waals surface area contributed by atoms with E-state index < -0.39 is 11.6 Å². The third-order valence-corrected chi connectivity index (χ3v) is 4.45. The first-order valence-electron chi connectivity index (χ1n) is 7.55. The van der Waals surface area contributed by atoms with E-state index in [9.17, 15) is 9.90 Å².